The van der Waals surface area contributed by atoms with E-state index in [2.05, 4.69) is 11.2 Å². The number of benzene rings is 1. The number of amides is 1. The summed E-state index contributed by atoms with van der Waals surface area (Å²) in [5.74, 6) is -0.303. The van der Waals surface area contributed by atoms with E-state index in [0.717, 1.165) is 0 Å². The van der Waals surface area contributed by atoms with Crippen molar-refractivity contribution in [3.63, 3.8) is 0 Å². The maximum absolute atomic E-state index is 11.3. The van der Waals surface area contributed by atoms with E-state index in [4.69, 9.17) is 16.6 Å². The van der Waals surface area contributed by atoms with Crippen LogP contribution < -0.4 is 5.32 Å². The monoisotopic (exact) mass is 263 g/mol. The molecule has 1 aromatic carbocycles. The lowest BCUT2D eigenvalue weighted by molar-refractivity contribution is -0.141. The van der Waals surface area contributed by atoms with Crippen molar-refractivity contribution in [2.45, 2.75) is 18.9 Å². The van der Waals surface area contributed by atoms with Gasteiger partial charge in [0.15, 0.2) is 11.5 Å². The Kier molecular flexibility index (Phi) is 4.77. The van der Waals surface area contributed by atoms with Gasteiger partial charge < -0.3 is 20.6 Å². The zero-order valence-electron chi connectivity index (χ0n) is 9.96. The topological polar surface area (TPSA) is 107 Å². The quantitative estimate of drug-likeness (QED) is 0.449. The molecular weight excluding hydrogens is 250 g/mol. The van der Waals surface area contributed by atoms with Gasteiger partial charge in [0.25, 0.3) is 0 Å². The van der Waals surface area contributed by atoms with Crippen LogP contribution in [-0.4, -0.2) is 33.2 Å². The van der Waals surface area contributed by atoms with Gasteiger partial charge in [-0.25, -0.2) is 4.79 Å². The summed E-state index contributed by atoms with van der Waals surface area (Å²) in [6, 6.07) is 2.79. The lowest BCUT2D eigenvalue weighted by atomic mass is 10.1. The van der Waals surface area contributed by atoms with Gasteiger partial charge in [0, 0.05) is 6.42 Å². The minimum Gasteiger partial charge on any atom is -0.504 e. The van der Waals surface area contributed by atoms with Crippen LogP contribution in [0.2, 0.25) is 0 Å². The van der Waals surface area contributed by atoms with Gasteiger partial charge in [-0.15, -0.1) is 6.42 Å². The van der Waals surface area contributed by atoms with Crippen molar-refractivity contribution in [2.24, 2.45) is 0 Å². The highest BCUT2D eigenvalue weighted by Crippen LogP contribution is 2.25. The summed E-state index contributed by atoms with van der Waals surface area (Å²) in [4.78, 5) is 22.3. The van der Waals surface area contributed by atoms with Crippen LogP contribution in [0.5, 0.6) is 11.5 Å². The van der Waals surface area contributed by atoms with Gasteiger partial charge in [-0.2, -0.15) is 0 Å². The number of carbonyl (C=O) groups excluding carboxylic acids is 1. The molecule has 0 aliphatic heterocycles. The molecule has 100 valence electrons. The fourth-order valence-corrected chi connectivity index (χ4v) is 1.47. The molecule has 0 bridgehead atoms. The van der Waals surface area contributed by atoms with Crippen molar-refractivity contribution >= 4 is 11.9 Å². The first-order valence-electron chi connectivity index (χ1n) is 5.40. The largest absolute Gasteiger partial charge is 0.504 e. The van der Waals surface area contributed by atoms with Crippen molar-refractivity contribution in [1.82, 2.24) is 5.32 Å². The molecule has 1 unspecified atom stereocenters. The number of nitrogens with one attached hydrogen (secondary N) is 1. The lowest BCUT2D eigenvalue weighted by Crippen LogP contribution is -2.42. The predicted octanol–water partition coefficient (Wildman–Crippen LogP) is 0.233. The molecule has 0 aliphatic carbocycles. The third kappa shape index (κ3) is 4.24. The zero-order chi connectivity index (χ0) is 14.4. The summed E-state index contributed by atoms with van der Waals surface area (Å²) in [6.07, 6.45) is 4.72. The third-order valence-electron chi connectivity index (χ3n) is 2.38. The Bertz CT molecular complexity index is 532. The van der Waals surface area contributed by atoms with E-state index in [9.17, 15) is 14.7 Å². The normalized spacial score (nSPS) is 11.3. The van der Waals surface area contributed by atoms with Gasteiger partial charge in [0.1, 0.15) is 6.04 Å². The fraction of sp³-hybridized carbons (Fsp3) is 0.231. The van der Waals surface area contributed by atoms with Crippen LogP contribution in [0, 0.1) is 12.3 Å². The van der Waals surface area contributed by atoms with E-state index in [-0.39, 0.29) is 24.3 Å². The Morgan fingerprint density at radius 3 is 2.53 bits per heavy atom. The highest BCUT2D eigenvalue weighted by Gasteiger charge is 2.20. The number of carboxylic acid groups (broad SMARTS) is 1. The molecule has 1 atom stereocenters. The number of phenolic OH excluding ortho intramolecular Hbond substituents is 2. The Balaban J connectivity index is 2.78. The molecule has 0 spiro atoms. The molecule has 4 N–H and O–H groups in total. The first kappa shape index (κ1) is 14.4. The fourth-order valence-electron chi connectivity index (χ4n) is 1.47. The van der Waals surface area contributed by atoms with Gasteiger partial charge in [-0.3, -0.25) is 4.79 Å². The highest BCUT2D eigenvalue weighted by molar-refractivity contribution is 5.84. The van der Waals surface area contributed by atoms with Crippen molar-refractivity contribution in [2.75, 3.05) is 0 Å². The van der Waals surface area contributed by atoms with Crippen LogP contribution in [0.4, 0.5) is 0 Å². The summed E-state index contributed by atoms with van der Waals surface area (Å²) < 4.78 is 0. The number of aromatic hydroxyl groups is 2. The summed E-state index contributed by atoms with van der Waals surface area (Å²) >= 11 is 0. The zero-order valence-corrected chi connectivity index (χ0v) is 9.96. The van der Waals surface area contributed by atoms with Gasteiger partial charge in [-0.1, -0.05) is 12.0 Å². The maximum Gasteiger partial charge on any atom is 0.326 e. The van der Waals surface area contributed by atoms with E-state index in [1.807, 2.05) is 0 Å². The number of carbonyl (C=O) groups is 2. The van der Waals surface area contributed by atoms with E-state index in [1.165, 1.54) is 18.2 Å². The number of carboxylic acids is 1. The molecular formula is C13H13NO5. The van der Waals surface area contributed by atoms with Crippen molar-refractivity contribution in [1.29, 1.82) is 0 Å². The van der Waals surface area contributed by atoms with E-state index < -0.39 is 17.9 Å². The van der Waals surface area contributed by atoms with Crippen molar-refractivity contribution < 1.29 is 24.9 Å². The summed E-state index contributed by atoms with van der Waals surface area (Å²) in [5.41, 5.74) is 0.462. The molecule has 0 aromatic heterocycles. The molecule has 6 heteroatoms. The van der Waals surface area contributed by atoms with Crippen LogP contribution in [0.3, 0.4) is 0 Å². The minimum atomic E-state index is -1.21. The second-order valence-electron chi connectivity index (χ2n) is 3.87. The van der Waals surface area contributed by atoms with Crippen LogP contribution in [-0.2, 0) is 16.0 Å². The highest BCUT2D eigenvalue weighted by atomic mass is 16.4. The Morgan fingerprint density at radius 1 is 1.32 bits per heavy atom. The van der Waals surface area contributed by atoms with E-state index in [1.54, 1.807) is 0 Å². The van der Waals surface area contributed by atoms with Crippen LogP contribution in [0.15, 0.2) is 18.2 Å². The smallest absolute Gasteiger partial charge is 0.326 e. The molecule has 1 aromatic rings. The number of phenols is 2. The average Bonchev–Trinajstić information content (AvgIpc) is 2.33. The molecule has 0 saturated carbocycles. The average molecular weight is 263 g/mol. The molecule has 19 heavy (non-hydrogen) atoms. The second-order valence-corrected chi connectivity index (χ2v) is 3.87. The Labute approximate surface area is 109 Å². The number of rotatable bonds is 5. The van der Waals surface area contributed by atoms with Gasteiger partial charge in [0.2, 0.25) is 5.91 Å². The number of aliphatic carboxylic acids is 1. The van der Waals surface area contributed by atoms with Crippen LogP contribution in [0.25, 0.3) is 0 Å². The molecule has 0 heterocycles. The molecule has 0 aliphatic rings. The van der Waals surface area contributed by atoms with Crippen LogP contribution in [0.1, 0.15) is 12.0 Å². The first-order valence-corrected chi connectivity index (χ1v) is 5.40. The first-order chi connectivity index (χ1) is 8.93. The molecule has 1 amide bonds. The summed E-state index contributed by atoms with van der Waals surface area (Å²) in [6.45, 7) is 0. The molecule has 1 rings (SSSR count). The SMILES string of the molecule is C#CCC(=O)NC(Cc1ccc(O)c(O)c1)C(=O)O. The van der Waals surface area contributed by atoms with Crippen LogP contribution >= 0.6 is 0 Å². The number of hydrogen-bond acceptors (Lipinski definition) is 4. The molecule has 0 saturated heterocycles. The minimum absolute atomic E-state index is 0.0283. The summed E-state index contributed by atoms with van der Waals surface area (Å²) in [5, 5.41) is 29.7. The molecule has 0 radical (unpaired) electrons. The molecule has 6 nitrogen and oxygen atoms in total. The van der Waals surface area contributed by atoms with E-state index in [0.29, 0.717) is 5.56 Å². The maximum atomic E-state index is 11.3. The van der Waals surface area contributed by atoms with Gasteiger partial charge >= 0.3 is 5.97 Å². The van der Waals surface area contributed by atoms with Gasteiger partial charge in [-0.05, 0) is 17.7 Å². The number of terminal acetylenes is 1. The summed E-state index contributed by atoms with van der Waals surface area (Å²) in [7, 11) is 0. The van der Waals surface area contributed by atoms with Crippen molar-refractivity contribution in [3.8, 4) is 23.8 Å². The Morgan fingerprint density at radius 2 is 2.00 bits per heavy atom. The molecule has 0 fully saturated rings. The second kappa shape index (κ2) is 6.31. The Hall–Kier alpha value is -2.68. The van der Waals surface area contributed by atoms with Crippen molar-refractivity contribution in [3.05, 3.63) is 23.8 Å². The van der Waals surface area contributed by atoms with Gasteiger partial charge in [0.05, 0.1) is 6.42 Å². The standard InChI is InChI=1S/C13H13NO5/c1-2-3-12(17)14-9(13(18)19)6-8-4-5-10(15)11(16)7-8/h1,4-5,7,9,15-16H,3,6H2,(H,14,17)(H,18,19). The number of hydrogen-bond donors (Lipinski definition) is 4. The third-order valence-corrected chi connectivity index (χ3v) is 2.38. The predicted molar refractivity (Wildman–Crippen MR) is 66.5 cm³/mol. The lowest BCUT2D eigenvalue weighted by Gasteiger charge is -2.14. The van der Waals surface area contributed by atoms with E-state index >= 15 is 0 Å².